The lowest BCUT2D eigenvalue weighted by Crippen LogP contribution is -2.33. The quantitative estimate of drug-likeness (QED) is 0.119. The number of sulfonamides is 1. The summed E-state index contributed by atoms with van der Waals surface area (Å²) in [7, 11) is -5.34. The molecule has 0 saturated heterocycles. The van der Waals surface area contributed by atoms with E-state index >= 15 is 0 Å². The van der Waals surface area contributed by atoms with Crippen molar-refractivity contribution >= 4 is 33.2 Å². The third kappa shape index (κ3) is 7.02. The molecule has 0 saturated carbocycles. The van der Waals surface area contributed by atoms with Gasteiger partial charge in [-0.15, -0.1) is 0 Å². The molecule has 0 fully saturated rings. The summed E-state index contributed by atoms with van der Waals surface area (Å²) in [6.45, 7) is 0.444. The maximum absolute atomic E-state index is 12.9. The van der Waals surface area contributed by atoms with Gasteiger partial charge in [0.2, 0.25) is 10.0 Å². The Balaban J connectivity index is 1.19. The molecule has 41 heavy (non-hydrogen) atoms. The normalized spacial score (nSPS) is 11.8. The number of benzene rings is 5. The maximum Gasteiger partial charge on any atom is 0.240 e. The van der Waals surface area contributed by atoms with Crippen LogP contribution in [-0.4, -0.2) is 21.1 Å². The highest BCUT2D eigenvalue weighted by Gasteiger charge is 2.44. The molecular formula is C36H37NO2PS+. The van der Waals surface area contributed by atoms with Crippen molar-refractivity contribution in [1.82, 2.24) is 4.72 Å². The number of hydrogen-bond acceptors (Lipinski definition) is 2. The SMILES string of the molecule is O=S(=O)(NCCCCCC[P+](c1ccccc1)(c1ccccc1)c1ccccc1)c1ccc(-c2ccccc2)cc1. The first-order chi connectivity index (χ1) is 20.1. The van der Waals surface area contributed by atoms with E-state index in [2.05, 4.69) is 95.7 Å². The zero-order valence-electron chi connectivity index (χ0n) is 23.3. The highest BCUT2D eigenvalue weighted by molar-refractivity contribution is 7.95. The summed E-state index contributed by atoms with van der Waals surface area (Å²) in [6, 6.07) is 50.0. The summed E-state index contributed by atoms with van der Waals surface area (Å²) in [4.78, 5) is 0.306. The number of nitrogens with one attached hydrogen (secondary N) is 1. The van der Waals surface area contributed by atoms with Crippen LogP contribution in [0.4, 0.5) is 0 Å². The first kappa shape index (κ1) is 29.0. The second-order valence-electron chi connectivity index (χ2n) is 10.2. The minimum Gasteiger partial charge on any atom is -0.211 e. The monoisotopic (exact) mass is 578 g/mol. The Bertz CT molecular complexity index is 1500. The van der Waals surface area contributed by atoms with Crippen molar-refractivity contribution in [3.05, 3.63) is 146 Å². The van der Waals surface area contributed by atoms with Crippen LogP contribution in [0.25, 0.3) is 11.1 Å². The molecule has 0 aliphatic heterocycles. The van der Waals surface area contributed by atoms with Crippen molar-refractivity contribution < 1.29 is 8.42 Å². The van der Waals surface area contributed by atoms with Gasteiger partial charge in [-0.25, -0.2) is 13.1 Å². The molecule has 0 atom stereocenters. The van der Waals surface area contributed by atoms with E-state index in [1.807, 2.05) is 42.5 Å². The zero-order chi connectivity index (χ0) is 28.4. The average Bonchev–Trinajstić information content (AvgIpc) is 3.04. The summed E-state index contributed by atoms with van der Waals surface area (Å²) in [5.74, 6) is 0. The second-order valence-corrected chi connectivity index (χ2v) is 15.6. The van der Waals surface area contributed by atoms with Crippen molar-refractivity contribution in [2.45, 2.75) is 30.6 Å². The summed E-state index contributed by atoms with van der Waals surface area (Å²) < 4.78 is 28.5. The van der Waals surface area contributed by atoms with E-state index in [0.29, 0.717) is 11.4 Å². The van der Waals surface area contributed by atoms with Crippen LogP contribution in [0.15, 0.2) is 150 Å². The van der Waals surface area contributed by atoms with E-state index in [1.54, 1.807) is 12.1 Å². The summed E-state index contributed by atoms with van der Waals surface area (Å²) in [5.41, 5.74) is 2.08. The zero-order valence-corrected chi connectivity index (χ0v) is 25.0. The van der Waals surface area contributed by atoms with Crippen LogP contribution < -0.4 is 20.6 Å². The van der Waals surface area contributed by atoms with Crippen LogP contribution in [-0.2, 0) is 10.0 Å². The summed E-state index contributed by atoms with van der Waals surface area (Å²) in [5, 5.41) is 4.22. The van der Waals surface area contributed by atoms with Crippen molar-refractivity contribution in [2.75, 3.05) is 12.7 Å². The third-order valence-corrected chi connectivity index (χ3v) is 13.6. The van der Waals surface area contributed by atoms with Crippen LogP contribution in [0.2, 0.25) is 0 Å². The van der Waals surface area contributed by atoms with Gasteiger partial charge in [0, 0.05) is 6.54 Å². The van der Waals surface area contributed by atoms with E-state index < -0.39 is 17.3 Å². The topological polar surface area (TPSA) is 46.2 Å². The molecule has 5 rings (SSSR count). The van der Waals surface area contributed by atoms with Crippen LogP contribution in [0.5, 0.6) is 0 Å². The van der Waals surface area contributed by atoms with Gasteiger partial charge in [-0.2, -0.15) is 0 Å². The molecule has 0 unspecified atom stereocenters. The van der Waals surface area contributed by atoms with Gasteiger partial charge < -0.3 is 0 Å². The standard InChI is InChI=1S/C36H37NO2PS/c38-41(39,36-27-25-32(26-28-36)31-17-7-3-8-18-31)37-29-15-1-2-16-30-40(33-19-9-4-10-20-33,34-21-11-5-12-22-34)35-23-13-6-14-24-35/h3-14,17-28,37H,1-2,15-16,29-30H2/q+1. The molecule has 5 heteroatoms. The van der Waals surface area contributed by atoms with E-state index in [4.69, 9.17) is 0 Å². The van der Waals surface area contributed by atoms with E-state index in [9.17, 15) is 8.42 Å². The fourth-order valence-corrected chi connectivity index (χ4v) is 10.9. The van der Waals surface area contributed by atoms with E-state index in [-0.39, 0.29) is 0 Å². The Morgan fingerprint density at radius 2 is 0.878 bits per heavy atom. The van der Waals surface area contributed by atoms with Crippen LogP contribution in [0.1, 0.15) is 25.7 Å². The first-order valence-corrected chi connectivity index (χ1v) is 17.8. The molecule has 0 amide bonds. The van der Waals surface area contributed by atoms with E-state index in [1.165, 1.54) is 15.9 Å². The van der Waals surface area contributed by atoms with Gasteiger partial charge in [0.25, 0.3) is 0 Å². The van der Waals surface area contributed by atoms with Crippen LogP contribution in [0, 0.1) is 0 Å². The molecule has 1 N–H and O–H groups in total. The molecule has 0 bridgehead atoms. The average molecular weight is 579 g/mol. The van der Waals surface area contributed by atoms with Gasteiger partial charge in [0.05, 0.1) is 11.1 Å². The Morgan fingerprint density at radius 3 is 1.37 bits per heavy atom. The molecule has 0 aliphatic carbocycles. The molecule has 0 aromatic heterocycles. The van der Waals surface area contributed by atoms with Gasteiger partial charge in [-0.05, 0) is 78.9 Å². The molecule has 5 aromatic carbocycles. The predicted molar refractivity (Wildman–Crippen MR) is 176 cm³/mol. The van der Waals surface area contributed by atoms with Crippen molar-refractivity contribution in [2.24, 2.45) is 0 Å². The molecule has 0 heterocycles. The van der Waals surface area contributed by atoms with Crippen molar-refractivity contribution in [3.63, 3.8) is 0 Å². The van der Waals surface area contributed by atoms with Gasteiger partial charge in [0.1, 0.15) is 23.2 Å². The largest absolute Gasteiger partial charge is 0.240 e. The lowest BCUT2D eigenvalue weighted by molar-refractivity contribution is 0.574. The Labute approximate surface area is 245 Å². The minimum absolute atomic E-state index is 0.306. The van der Waals surface area contributed by atoms with Crippen LogP contribution in [0.3, 0.4) is 0 Å². The van der Waals surface area contributed by atoms with Gasteiger partial charge in [-0.1, -0.05) is 103 Å². The molecule has 0 aliphatic rings. The lowest BCUT2D eigenvalue weighted by Gasteiger charge is -2.27. The fraction of sp³-hybridized carbons (Fsp3) is 0.167. The van der Waals surface area contributed by atoms with Gasteiger partial charge >= 0.3 is 0 Å². The van der Waals surface area contributed by atoms with E-state index in [0.717, 1.165) is 43.0 Å². The Kier molecular flexibility index (Phi) is 9.80. The van der Waals surface area contributed by atoms with Crippen LogP contribution >= 0.6 is 7.26 Å². The maximum atomic E-state index is 12.9. The molecule has 3 nitrogen and oxygen atoms in total. The third-order valence-electron chi connectivity index (χ3n) is 7.58. The number of unbranched alkanes of at least 4 members (excludes halogenated alkanes) is 3. The second kappa shape index (κ2) is 13.9. The minimum atomic E-state index is -3.53. The predicted octanol–water partition coefficient (Wildman–Crippen LogP) is 7.19. The molecular weight excluding hydrogens is 541 g/mol. The highest BCUT2D eigenvalue weighted by atomic mass is 32.2. The lowest BCUT2D eigenvalue weighted by atomic mass is 10.1. The van der Waals surface area contributed by atoms with Crippen molar-refractivity contribution in [3.8, 4) is 11.1 Å². The number of rotatable bonds is 13. The van der Waals surface area contributed by atoms with Gasteiger partial charge in [-0.3, -0.25) is 0 Å². The fourth-order valence-electron chi connectivity index (χ4n) is 5.46. The molecule has 5 aromatic rings. The van der Waals surface area contributed by atoms with Crippen molar-refractivity contribution in [1.29, 1.82) is 0 Å². The Hall–Kier alpha value is -3.56. The summed E-state index contributed by atoms with van der Waals surface area (Å²) in [6.07, 6.45) is 5.02. The Morgan fingerprint density at radius 1 is 0.463 bits per heavy atom. The first-order valence-electron chi connectivity index (χ1n) is 14.3. The smallest absolute Gasteiger partial charge is 0.211 e. The van der Waals surface area contributed by atoms with Gasteiger partial charge in [0.15, 0.2) is 0 Å². The summed E-state index contributed by atoms with van der Waals surface area (Å²) >= 11 is 0. The molecule has 0 radical (unpaired) electrons. The molecule has 0 spiro atoms. The highest BCUT2D eigenvalue weighted by Crippen LogP contribution is 2.56. The number of hydrogen-bond donors (Lipinski definition) is 1. The molecule has 208 valence electrons.